The van der Waals surface area contributed by atoms with Crippen LogP contribution in [0.15, 0.2) is 16.8 Å². The average Bonchev–Trinajstić information content (AvgIpc) is 3.21. The Bertz CT molecular complexity index is 854. The third-order valence-electron chi connectivity index (χ3n) is 4.88. The van der Waals surface area contributed by atoms with Crippen LogP contribution in [0.1, 0.15) is 51.0 Å². The summed E-state index contributed by atoms with van der Waals surface area (Å²) in [6.07, 6.45) is 3.35. The van der Waals surface area contributed by atoms with Crippen LogP contribution in [0.3, 0.4) is 0 Å². The predicted molar refractivity (Wildman–Crippen MR) is 90.3 cm³/mol. The van der Waals surface area contributed by atoms with Gasteiger partial charge in [0.15, 0.2) is 0 Å². The van der Waals surface area contributed by atoms with Gasteiger partial charge in [0.2, 0.25) is 11.7 Å². The number of hydrogen-bond donors (Lipinski definition) is 0. The molecular weight excluding hydrogens is 364 g/mol. The summed E-state index contributed by atoms with van der Waals surface area (Å²) in [4.78, 5) is 9.68. The van der Waals surface area contributed by atoms with Crippen LogP contribution in [-0.2, 0) is 5.41 Å². The smallest absolute Gasteiger partial charge is 0.329 e. The minimum absolute atomic E-state index is 0.166. The molecule has 0 N–H and O–H groups in total. The summed E-state index contributed by atoms with van der Waals surface area (Å²) < 4.78 is 60.1. The van der Waals surface area contributed by atoms with Gasteiger partial charge in [-0.2, -0.15) is 22.5 Å². The van der Waals surface area contributed by atoms with Gasteiger partial charge in [-0.25, -0.2) is 0 Å². The van der Waals surface area contributed by atoms with E-state index in [1.165, 1.54) is 6.07 Å². The molecule has 1 aliphatic carbocycles. The van der Waals surface area contributed by atoms with Gasteiger partial charge < -0.3 is 9.42 Å². The second-order valence-corrected chi connectivity index (χ2v) is 8.34. The Kier molecular flexibility index (Phi) is 3.81. The highest BCUT2D eigenvalue weighted by Gasteiger charge is 2.63. The van der Waals surface area contributed by atoms with Gasteiger partial charge in [0.1, 0.15) is 5.69 Å². The SMILES string of the molecule is CC(C)(C)c1nc(-c2cc(N3CC(F)(F)C(F)(F)C3)c(C3CC3)cn2)no1. The molecule has 0 radical (unpaired) electrons. The van der Waals surface area contributed by atoms with Crippen molar-refractivity contribution in [1.29, 1.82) is 0 Å². The Balaban J connectivity index is 1.73. The topological polar surface area (TPSA) is 55.1 Å². The van der Waals surface area contributed by atoms with Gasteiger partial charge in [-0.05, 0) is 30.4 Å². The fourth-order valence-electron chi connectivity index (χ4n) is 3.13. The normalized spacial score (nSPS) is 21.7. The maximum Gasteiger partial charge on any atom is 0.329 e. The third kappa shape index (κ3) is 3.17. The maximum absolute atomic E-state index is 13.7. The number of rotatable bonds is 3. The third-order valence-corrected chi connectivity index (χ3v) is 4.88. The van der Waals surface area contributed by atoms with E-state index in [9.17, 15) is 17.6 Å². The molecule has 0 unspecified atom stereocenters. The molecule has 0 spiro atoms. The van der Waals surface area contributed by atoms with E-state index in [0.717, 1.165) is 17.7 Å². The fraction of sp³-hybridized carbons (Fsp3) is 0.611. The molecular formula is C18H20F4N4O. The molecule has 1 saturated heterocycles. The molecule has 2 aromatic rings. The fourth-order valence-corrected chi connectivity index (χ4v) is 3.13. The highest BCUT2D eigenvalue weighted by Crippen LogP contribution is 2.48. The number of nitrogens with zero attached hydrogens (tertiary/aromatic N) is 4. The van der Waals surface area contributed by atoms with E-state index in [-0.39, 0.29) is 17.2 Å². The zero-order chi connectivity index (χ0) is 19.6. The van der Waals surface area contributed by atoms with Crippen molar-refractivity contribution in [3.05, 3.63) is 23.7 Å². The van der Waals surface area contributed by atoms with E-state index in [1.54, 1.807) is 6.20 Å². The minimum Gasteiger partial charge on any atom is -0.359 e. The molecule has 0 amide bonds. The highest BCUT2D eigenvalue weighted by molar-refractivity contribution is 5.65. The van der Waals surface area contributed by atoms with Crippen LogP contribution in [0.25, 0.3) is 11.5 Å². The van der Waals surface area contributed by atoms with Crippen LogP contribution >= 0.6 is 0 Å². The standard InChI is InChI=1S/C18H20F4N4O/c1-16(2,3)15-24-14(25-27-15)12-6-13(11(7-23-12)10-4-5-10)26-8-17(19,20)18(21,22)9-26/h6-7,10H,4-5,8-9H2,1-3H3. The van der Waals surface area contributed by atoms with Crippen LogP contribution < -0.4 is 4.90 Å². The van der Waals surface area contributed by atoms with Gasteiger partial charge in [-0.1, -0.05) is 25.9 Å². The summed E-state index contributed by atoms with van der Waals surface area (Å²) >= 11 is 0. The number of hydrogen-bond acceptors (Lipinski definition) is 5. The second kappa shape index (κ2) is 5.65. The molecule has 2 fully saturated rings. The van der Waals surface area contributed by atoms with E-state index >= 15 is 0 Å². The molecule has 1 aliphatic heterocycles. The van der Waals surface area contributed by atoms with Gasteiger partial charge in [-0.3, -0.25) is 4.98 Å². The molecule has 2 aliphatic rings. The van der Waals surface area contributed by atoms with Crippen molar-refractivity contribution >= 4 is 5.69 Å². The largest absolute Gasteiger partial charge is 0.359 e. The molecule has 146 valence electrons. The molecule has 3 heterocycles. The Morgan fingerprint density at radius 3 is 2.26 bits per heavy atom. The zero-order valence-electron chi connectivity index (χ0n) is 15.3. The molecule has 0 aromatic carbocycles. The second-order valence-electron chi connectivity index (χ2n) is 8.34. The van der Waals surface area contributed by atoms with Crippen molar-refractivity contribution in [3.63, 3.8) is 0 Å². The number of halogens is 4. The molecule has 2 aromatic heterocycles. The Hall–Kier alpha value is -2.19. The number of aromatic nitrogens is 3. The van der Waals surface area contributed by atoms with Gasteiger partial charge in [0.25, 0.3) is 0 Å². The summed E-state index contributed by atoms with van der Waals surface area (Å²) in [6.45, 7) is 3.68. The predicted octanol–water partition coefficient (Wildman–Crippen LogP) is 4.40. The molecule has 0 atom stereocenters. The van der Waals surface area contributed by atoms with Crippen molar-refractivity contribution in [3.8, 4) is 11.5 Å². The van der Waals surface area contributed by atoms with Crippen molar-refractivity contribution in [2.45, 2.75) is 56.8 Å². The zero-order valence-corrected chi connectivity index (χ0v) is 15.3. The molecule has 0 bridgehead atoms. The first-order valence-corrected chi connectivity index (χ1v) is 8.83. The van der Waals surface area contributed by atoms with E-state index in [4.69, 9.17) is 4.52 Å². The lowest BCUT2D eigenvalue weighted by Gasteiger charge is -2.21. The van der Waals surface area contributed by atoms with Gasteiger partial charge in [-0.15, -0.1) is 0 Å². The minimum atomic E-state index is -4.07. The van der Waals surface area contributed by atoms with Crippen LogP contribution in [0.2, 0.25) is 0 Å². The molecule has 4 rings (SSSR count). The lowest BCUT2D eigenvalue weighted by molar-refractivity contribution is -0.172. The average molecular weight is 384 g/mol. The lowest BCUT2D eigenvalue weighted by atomic mass is 9.97. The van der Waals surface area contributed by atoms with Crippen LogP contribution in [0.5, 0.6) is 0 Å². The Morgan fingerprint density at radius 1 is 1.11 bits per heavy atom. The van der Waals surface area contributed by atoms with Crippen molar-refractivity contribution < 1.29 is 22.1 Å². The van der Waals surface area contributed by atoms with Crippen LogP contribution in [0, 0.1) is 0 Å². The monoisotopic (exact) mass is 384 g/mol. The van der Waals surface area contributed by atoms with Crippen LogP contribution in [-0.4, -0.2) is 40.1 Å². The van der Waals surface area contributed by atoms with E-state index in [0.29, 0.717) is 22.8 Å². The summed E-state index contributed by atoms with van der Waals surface area (Å²) in [5, 5.41) is 3.90. The van der Waals surface area contributed by atoms with E-state index in [1.807, 2.05) is 20.8 Å². The quantitative estimate of drug-likeness (QED) is 0.735. The maximum atomic E-state index is 13.7. The van der Waals surface area contributed by atoms with Crippen molar-refractivity contribution in [2.75, 3.05) is 18.0 Å². The van der Waals surface area contributed by atoms with Crippen LogP contribution in [0.4, 0.5) is 23.2 Å². The summed E-state index contributed by atoms with van der Waals surface area (Å²) in [7, 11) is 0. The summed E-state index contributed by atoms with van der Waals surface area (Å²) in [6, 6.07) is 1.52. The first kappa shape index (κ1) is 18.2. The number of pyridine rings is 1. The van der Waals surface area contributed by atoms with Crippen molar-refractivity contribution in [1.82, 2.24) is 15.1 Å². The van der Waals surface area contributed by atoms with Gasteiger partial charge in [0.05, 0.1) is 13.1 Å². The van der Waals surface area contributed by atoms with Crippen molar-refractivity contribution in [2.24, 2.45) is 0 Å². The summed E-state index contributed by atoms with van der Waals surface area (Å²) in [5.74, 6) is -7.35. The molecule has 27 heavy (non-hydrogen) atoms. The molecule has 9 heteroatoms. The highest BCUT2D eigenvalue weighted by atomic mass is 19.3. The number of anilines is 1. The lowest BCUT2D eigenvalue weighted by Crippen LogP contribution is -2.38. The Labute approximate surface area is 153 Å². The first-order chi connectivity index (χ1) is 12.5. The van der Waals surface area contributed by atoms with Gasteiger partial charge in [0, 0.05) is 17.3 Å². The molecule has 1 saturated carbocycles. The Morgan fingerprint density at radius 2 is 1.74 bits per heavy atom. The first-order valence-electron chi connectivity index (χ1n) is 8.83. The molecule has 5 nitrogen and oxygen atoms in total. The number of alkyl halides is 4. The van der Waals surface area contributed by atoms with Gasteiger partial charge >= 0.3 is 11.8 Å². The van der Waals surface area contributed by atoms with E-state index in [2.05, 4.69) is 15.1 Å². The van der Waals surface area contributed by atoms with E-state index < -0.39 is 24.9 Å². The summed E-state index contributed by atoms with van der Waals surface area (Å²) in [5.41, 5.74) is 1.02.